The Morgan fingerprint density at radius 3 is 2.13 bits per heavy atom. The van der Waals surface area contributed by atoms with E-state index in [1.165, 1.54) is 38.5 Å². The third kappa shape index (κ3) is 6.33. The molecule has 0 saturated carbocycles. The molecule has 138 valence electrons. The number of rotatable bonds is 13. The minimum absolute atomic E-state index is 0.0230. The van der Waals surface area contributed by atoms with Gasteiger partial charge in [-0.1, -0.05) is 65.2 Å². The first kappa shape index (κ1) is 20.9. The lowest BCUT2D eigenvalue weighted by atomic mass is 9.82. The van der Waals surface area contributed by atoms with Crippen molar-refractivity contribution in [3.05, 3.63) is 0 Å². The van der Waals surface area contributed by atoms with E-state index in [2.05, 4.69) is 6.92 Å². The number of epoxide rings is 1. The molecule has 5 nitrogen and oxygen atoms in total. The summed E-state index contributed by atoms with van der Waals surface area (Å²) in [4.78, 5) is 0. The monoisotopic (exact) mass is 350 g/mol. The summed E-state index contributed by atoms with van der Waals surface area (Å²) in [6.45, 7) is 7.62. The predicted octanol–water partition coefficient (Wildman–Crippen LogP) is 4.66. The largest absolute Gasteiger partial charge is 0.397 e. The van der Waals surface area contributed by atoms with Crippen LogP contribution in [0.4, 0.5) is 0 Å². The fourth-order valence-electron chi connectivity index (χ4n) is 3.55. The molecule has 0 spiro atoms. The highest BCUT2D eigenvalue weighted by Crippen LogP contribution is 2.52. The minimum Gasteiger partial charge on any atom is -0.363 e. The van der Waals surface area contributed by atoms with Crippen molar-refractivity contribution in [3.63, 3.8) is 0 Å². The van der Waals surface area contributed by atoms with Crippen LogP contribution in [-0.4, -0.2) is 30.3 Å². The first-order valence-corrected chi connectivity index (χ1v) is 10.4. The summed E-state index contributed by atoms with van der Waals surface area (Å²) < 4.78 is 42.0. The average Bonchev–Trinajstić information content (AvgIpc) is 3.11. The van der Waals surface area contributed by atoms with E-state index >= 15 is 0 Å². The molecule has 0 amide bonds. The lowest BCUT2D eigenvalue weighted by Crippen LogP contribution is -2.45. The van der Waals surface area contributed by atoms with E-state index < -0.39 is 21.6 Å². The van der Waals surface area contributed by atoms with Crippen LogP contribution in [0.15, 0.2) is 0 Å². The summed E-state index contributed by atoms with van der Waals surface area (Å²) in [5.74, 6) is 0. The van der Waals surface area contributed by atoms with Crippen LogP contribution in [0.3, 0.4) is 0 Å². The molecule has 1 heterocycles. The van der Waals surface area contributed by atoms with Crippen molar-refractivity contribution in [1.29, 1.82) is 0 Å². The third-order valence-corrected chi connectivity index (χ3v) is 5.47. The van der Waals surface area contributed by atoms with Gasteiger partial charge in [-0.15, -0.1) is 0 Å². The second kappa shape index (κ2) is 8.79. The van der Waals surface area contributed by atoms with Gasteiger partial charge in [0.05, 0.1) is 6.10 Å². The molecule has 6 heteroatoms. The number of unbranched alkanes of at least 4 members (excludes halogenated alkanes) is 6. The van der Waals surface area contributed by atoms with Crippen molar-refractivity contribution in [1.82, 2.24) is 0 Å². The van der Waals surface area contributed by atoms with Crippen LogP contribution in [0.25, 0.3) is 0 Å². The maximum absolute atomic E-state index is 11.1. The van der Waals surface area contributed by atoms with Crippen LogP contribution in [0, 0.1) is 0 Å². The van der Waals surface area contributed by atoms with E-state index in [0.717, 1.165) is 25.7 Å². The Morgan fingerprint density at radius 1 is 1.04 bits per heavy atom. The SMILES string of the molecule is CCCCCCCCCC1OC1(CCC)C(C)(C)OS(=O)(=O)O. The zero-order valence-corrected chi connectivity index (χ0v) is 16.0. The molecule has 0 bridgehead atoms. The Kier molecular flexibility index (Phi) is 7.98. The molecule has 2 unspecified atom stereocenters. The zero-order chi connectivity index (χ0) is 17.6. The maximum Gasteiger partial charge on any atom is 0.397 e. The Morgan fingerprint density at radius 2 is 1.61 bits per heavy atom. The minimum atomic E-state index is -4.48. The summed E-state index contributed by atoms with van der Waals surface area (Å²) in [7, 11) is -4.48. The Labute approximate surface area is 142 Å². The van der Waals surface area contributed by atoms with Gasteiger partial charge in [0.1, 0.15) is 11.2 Å². The van der Waals surface area contributed by atoms with E-state index in [1.807, 2.05) is 6.92 Å². The van der Waals surface area contributed by atoms with Gasteiger partial charge in [0, 0.05) is 0 Å². The highest BCUT2D eigenvalue weighted by molar-refractivity contribution is 7.80. The van der Waals surface area contributed by atoms with E-state index in [1.54, 1.807) is 13.8 Å². The maximum atomic E-state index is 11.1. The average molecular weight is 351 g/mol. The molecule has 0 aromatic carbocycles. The highest BCUT2D eigenvalue weighted by Gasteiger charge is 2.65. The fraction of sp³-hybridized carbons (Fsp3) is 1.00. The molecule has 0 aromatic heterocycles. The van der Waals surface area contributed by atoms with Crippen LogP contribution in [0.2, 0.25) is 0 Å². The van der Waals surface area contributed by atoms with Crippen LogP contribution in [-0.2, 0) is 19.3 Å². The molecule has 1 N–H and O–H groups in total. The van der Waals surface area contributed by atoms with E-state index in [9.17, 15) is 8.42 Å². The van der Waals surface area contributed by atoms with Crippen molar-refractivity contribution in [2.75, 3.05) is 0 Å². The molecule has 1 fully saturated rings. The van der Waals surface area contributed by atoms with Gasteiger partial charge in [-0.2, -0.15) is 8.42 Å². The van der Waals surface area contributed by atoms with Gasteiger partial charge in [-0.25, -0.2) is 4.18 Å². The van der Waals surface area contributed by atoms with Gasteiger partial charge < -0.3 is 4.74 Å². The Hall–Kier alpha value is -0.170. The summed E-state index contributed by atoms with van der Waals surface area (Å²) in [6.07, 6.45) is 11.3. The summed E-state index contributed by atoms with van der Waals surface area (Å²) >= 11 is 0. The van der Waals surface area contributed by atoms with E-state index in [4.69, 9.17) is 13.5 Å². The standard InChI is InChI=1S/C17H34O5S/c1-5-7-8-9-10-11-12-13-15-17(21-15,14-6-2)16(3,4)22-23(18,19)20/h15H,5-14H2,1-4H3,(H,18,19,20). The van der Waals surface area contributed by atoms with E-state index in [-0.39, 0.29) is 6.10 Å². The van der Waals surface area contributed by atoms with E-state index in [0.29, 0.717) is 0 Å². The normalized spacial score (nSPS) is 24.8. The van der Waals surface area contributed by atoms with Crippen molar-refractivity contribution in [2.45, 2.75) is 109 Å². The molecular weight excluding hydrogens is 316 g/mol. The Balaban J connectivity index is 2.43. The van der Waals surface area contributed by atoms with Gasteiger partial charge in [-0.05, 0) is 26.7 Å². The molecule has 0 aliphatic carbocycles. The van der Waals surface area contributed by atoms with Gasteiger partial charge in [-0.3, -0.25) is 4.55 Å². The van der Waals surface area contributed by atoms with Crippen LogP contribution in [0.1, 0.15) is 91.9 Å². The summed E-state index contributed by atoms with van der Waals surface area (Å²) in [6, 6.07) is 0. The molecular formula is C17H34O5S. The van der Waals surface area contributed by atoms with Crippen molar-refractivity contribution in [3.8, 4) is 0 Å². The Bertz CT molecular complexity index is 446. The summed E-state index contributed by atoms with van der Waals surface area (Å²) in [5, 5.41) is 0. The lowest BCUT2D eigenvalue weighted by molar-refractivity contribution is 0.00928. The second-order valence-electron chi connectivity index (χ2n) is 7.18. The molecule has 1 aliphatic heterocycles. The quantitative estimate of drug-likeness (QED) is 0.297. The second-order valence-corrected chi connectivity index (χ2v) is 8.20. The highest BCUT2D eigenvalue weighted by atomic mass is 32.3. The van der Waals surface area contributed by atoms with Gasteiger partial charge >= 0.3 is 10.4 Å². The van der Waals surface area contributed by atoms with Crippen LogP contribution >= 0.6 is 0 Å². The summed E-state index contributed by atoms with van der Waals surface area (Å²) in [5.41, 5.74) is -1.65. The third-order valence-electron chi connectivity index (χ3n) is 4.84. The molecule has 23 heavy (non-hydrogen) atoms. The number of hydrogen-bond acceptors (Lipinski definition) is 4. The predicted molar refractivity (Wildman–Crippen MR) is 91.8 cm³/mol. The first-order chi connectivity index (χ1) is 10.7. The van der Waals surface area contributed by atoms with Gasteiger partial charge in [0.25, 0.3) is 0 Å². The van der Waals surface area contributed by atoms with Gasteiger partial charge in [0.15, 0.2) is 0 Å². The van der Waals surface area contributed by atoms with Crippen LogP contribution < -0.4 is 0 Å². The van der Waals surface area contributed by atoms with Crippen molar-refractivity contribution < 1.29 is 21.9 Å². The fourth-order valence-corrected chi connectivity index (χ4v) is 4.22. The number of ether oxygens (including phenoxy) is 1. The van der Waals surface area contributed by atoms with Crippen molar-refractivity contribution in [2.24, 2.45) is 0 Å². The molecule has 1 rings (SSSR count). The molecule has 0 aromatic rings. The van der Waals surface area contributed by atoms with Crippen LogP contribution in [0.5, 0.6) is 0 Å². The number of hydrogen-bond donors (Lipinski definition) is 1. The molecule has 1 saturated heterocycles. The first-order valence-electron chi connectivity index (χ1n) is 9.04. The smallest absolute Gasteiger partial charge is 0.363 e. The molecule has 1 aliphatic rings. The molecule has 0 radical (unpaired) electrons. The topological polar surface area (TPSA) is 76.1 Å². The van der Waals surface area contributed by atoms with Gasteiger partial charge in [0.2, 0.25) is 0 Å². The van der Waals surface area contributed by atoms with Crippen molar-refractivity contribution >= 4 is 10.4 Å². The molecule has 2 atom stereocenters. The lowest BCUT2D eigenvalue weighted by Gasteiger charge is -2.30. The zero-order valence-electron chi connectivity index (χ0n) is 15.1.